The molecule has 1 heterocycles. The number of halogens is 1. The molecule has 0 fully saturated rings. The summed E-state index contributed by atoms with van der Waals surface area (Å²) in [6, 6.07) is 11.8. The number of benzene rings is 2. The second-order valence-corrected chi connectivity index (χ2v) is 8.81. The molecule has 31 heavy (non-hydrogen) atoms. The highest BCUT2D eigenvalue weighted by atomic mass is 32.1. The molecule has 2 aromatic carbocycles. The van der Waals surface area contributed by atoms with Crippen molar-refractivity contribution in [3.05, 3.63) is 53.8 Å². The van der Waals surface area contributed by atoms with Crippen molar-refractivity contribution in [1.82, 2.24) is 9.88 Å². The first-order valence-corrected chi connectivity index (χ1v) is 11.5. The highest BCUT2D eigenvalue weighted by Crippen LogP contribution is 2.31. The summed E-state index contributed by atoms with van der Waals surface area (Å²) in [6.07, 6.45) is 4.05. The molecular formula is C24H30FN3O2S. The lowest BCUT2D eigenvalue weighted by Gasteiger charge is -2.21. The average molecular weight is 444 g/mol. The molecule has 0 aliphatic carbocycles. The fourth-order valence-corrected chi connectivity index (χ4v) is 4.26. The van der Waals surface area contributed by atoms with Crippen LogP contribution in [0.1, 0.15) is 43.0 Å². The summed E-state index contributed by atoms with van der Waals surface area (Å²) in [5.74, 6) is 0.264. The Morgan fingerprint density at radius 3 is 2.71 bits per heavy atom. The van der Waals surface area contributed by atoms with Crippen LogP contribution in [0.25, 0.3) is 10.2 Å². The number of amides is 1. The van der Waals surface area contributed by atoms with Gasteiger partial charge in [0.15, 0.2) is 5.13 Å². The number of carbonyl (C=O) groups is 1. The SMILES string of the molecule is CCCCCOc1cccc(C(=O)N(CCCN(C)C)c2nc3ccc(F)cc3s2)c1. The summed E-state index contributed by atoms with van der Waals surface area (Å²) in [7, 11) is 4.01. The predicted octanol–water partition coefficient (Wildman–Crippen LogP) is 5.60. The van der Waals surface area contributed by atoms with Gasteiger partial charge in [-0.1, -0.05) is 37.2 Å². The van der Waals surface area contributed by atoms with E-state index in [2.05, 4.69) is 16.8 Å². The van der Waals surface area contributed by atoms with Crippen LogP contribution in [0.15, 0.2) is 42.5 Å². The molecule has 0 radical (unpaired) electrons. The van der Waals surface area contributed by atoms with Crippen LogP contribution in [0, 0.1) is 5.82 Å². The van der Waals surface area contributed by atoms with Crippen LogP contribution in [-0.4, -0.2) is 49.6 Å². The molecule has 3 rings (SSSR count). The maximum atomic E-state index is 13.6. The van der Waals surface area contributed by atoms with Crippen LogP contribution >= 0.6 is 11.3 Å². The van der Waals surface area contributed by atoms with Crippen LogP contribution in [0.2, 0.25) is 0 Å². The topological polar surface area (TPSA) is 45.7 Å². The molecule has 1 aromatic heterocycles. The van der Waals surface area contributed by atoms with Gasteiger partial charge in [0.1, 0.15) is 11.6 Å². The van der Waals surface area contributed by atoms with Crippen molar-refractivity contribution in [2.24, 2.45) is 0 Å². The van der Waals surface area contributed by atoms with Crippen LogP contribution < -0.4 is 9.64 Å². The van der Waals surface area contributed by atoms with E-state index in [0.29, 0.717) is 35.1 Å². The molecule has 1 amide bonds. The van der Waals surface area contributed by atoms with Gasteiger partial charge in [0, 0.05) is 12.1 Å². The molecule has 0 N–H and O–H groups in total. The van der Waals surface area contributed by atoms with Gasteiger partial charge in [0.05, 0.1) is 16.8 Å². The first-order chi connectivity index (χ1) is 15.0. The number of aromatic nitrogens is 1. The number of hydrogen-bond acceptors (Lipinski definition) is 5. The fraction of sp³-hybridized carbons (Fsp3) is 0.417. The molecule has 7 heteroatoms. The van der Waals surface area contributed by atoms with Crippen molar-refractivity contribution in [2.45, 2.75) is 32.6 Å². The van der Waals surface area contributed by atoms with Gasteiger partial charge in [-0.2, -0.15) is 0 Å². The molecule has 0 saturated carbocycles. The largest absolute Gasteiger partial charge is 0.494 e. The first-order valence-electron chi connectivity index (χ1n) is 10.7. The van der Waals surface area contributed by atoms with Crippen LogP contribution in [-0.2, 0) is 0 Å². The Morgan fingerprint density at radius 2 is 1.94 bits per heavy atom. The second-order valence-electron chi connectivity index (χ2n) is 7.81. The number of anilines is 1. The smallest absolute Gasteiger partial charge is 0.260 e. The molecule has 0 spiro atoms. The molecule has 0 saturated heterocycles. The number of fused-ring (bicyclic) bond motifs is 1. The minimum atomic E-state index is -0.305. The third-order valence-corrected chi connectivity index (χ3v) is 5.94. The first kappa shape index (κ1) is 23.2. The van der Waals surface area contributed by atoms with E-state index in [9.17, 15) is 9.18 Å². The molecule has 166 valence electrons. The summed E-state index contributed by atoms with van der Waals surface area (Å²) < 4.78 is 20.2. The van der Waals surface area contributed by atoms with Crippen LogP contribution in [0.5, 0.6) is 5.75 Å². The van der Waals surface area contributed by atoms with E-state index >= 15 is 0 Å². The Bertz CT molecular complexity index is 1010. The Balaban J connectivity index is 1.83. The Morgan fingerprint density at radius 1 is 1.10 bits per heavy atom. The number of unbranched alkanes of at least 4 members (excludes halogenated alkanes) is 2. The van der Waals surface area contributed by atoms with Crippen molar-refractivity contribution in [3.8, 4) is 5.75 Å². The third-order valence-electron chi connectivity index (χ3n) is 4.90. The van der Waals surface area contributed by atoms with E-state index in [1.165, 1.54) is 23.5 Å². The molecule has 3 aromatic rings. The molecule has 0 atom stereocenters. The monoisotopic (exact) mass is 443 g/mol. The van der Waals surface area contributed by atoms with Gasteiger partial charge < -0.3 is 9.64 Å². The molecule has 0 aliphatic heterocycles. The highest BCUT2D eigenvalue weighted by molar-refractivity contribution is 7.22. The zero-order chi connectivity index (χ0) is 22.2. The van der Waals surface area contributed by atoms with E-state index in [0.717, 1.165) is 36.9 Å². The molecule has 0 bridgehead atoms. The highest BCUT2D eigenvalue weighted by Gasteiger charge is 2.22. The van der Waals surface area contributed by atoms with Crippen molar-refractivity contribution < 1.29 is 13.9 Å². The zero-order valence-corrected chi connectivity index (χ0v) is 19.3. The van der Waals surface area contributed by atoms with Gasteiger partial charge >= 0.3 is 0 Å². The quantitative estimate of drug-likeness (QED) is 0.362. The maximum absolute atomic E-state index is 13.6. The van der Waals surface area contributed by atoms with Gasteiger partial charge in [-0.3, -0.25) is 9.69 Å². The molecule has 0 aliphatic rings. The van der Waals surface area contributed by atoms with Crippen LogP contribution in [0.3, 0.4) is 0 Å². The summed E-state index contributed by atoms with van der Waals surface area (Å²) >= 11 is 1.33. The maximum Gasteiger partial charge on any atom is 0.260 e. The lowest BCUT2D eigenvalue weighted by Crippen LogP contribution is -2.33. The van der Waals surface area contributed by atoms with Gasteiger partial charge in [-0.15, -0.1) is 0 Å². The summed E-state index contributed by atoms with van der Waals surface area (Å²) in [6.45, 7) is 4.17. The number of hydrogen-bond donors (Lipinski definition) is 0. The standard InChI is InChI=1S/C24H30FN3O2S/c1-4-5-6-15-30-20-10-7-9-18(16-20)23(29)28(14-8-13-27(2)3)24-26-21-12-11-19(25)17-22(21)31-24/h7,9-12,16-17H,4-6,8,13-15H2,1-3H3. The Labute approximate surface area is 187 Å². The predicted molar refractivity (Wildman–Crippen MR) is 126 cm³/mol. The summed E-state index contributed by atoms with van der Waals surface area (Å²) in [5.41, 5.74) is 1.25. The summed E-state index contributed by atoms with van der Waals surface area (Å²) in [4.78, 5) is 21.8. The van der Waals surface area contributed by atoms with Crippen LogP contribution in [0.4, 0.5) is 9.52 Å². The molecule has 0 unspecified atom stereocenters. The second kappa shape index (κ2) is 11.2. The number of nitrogens with zero attached hydrogens (tertiary/aromatic N) is 3. The normalized spacial score (nSPS) is 11.3. The average Bonchev–Trinajstić information content (AvgIpc) is 3.16. The van der Waals surface area contributed by atoms with Crippen molar-refractivity contribution in [1.29, 1.82) is 0 Å². The van der Waals surface area contributed by atoms with E-state index in [1.807, 2.05) is 26.2 Å². The van der Waals surface area contributed by atoms with E-state index in [1.54, 1.807) is 23.1 Å². The van der Waals surface area contributed by atoms with E-state index < -0.39 is 0 Å². The number of ether oxygens (including phenoxy) is 1. The Kier molecular flexibility index (Phi) is 8.37. The molecule has 5 nitrogen and oxygen atoms in total. The van der Waals surface area contributed by atoms with Crippen molar-refractivity contribution in [2.75, 3.05) is 38.7 Å². The van der Waals surface area contributed by atoms with Crippen molar-refractivity contribution in [3.63, 3.8) is 0 Å². The van der Waals surface area contributed by atoms with Gasteiger partial charge in [0.2, 0.25) is 0 Å². The number of carbonyl (C=O) groups excluding carboxylic acids is 1. The van der Waals surface area contributed by atoms with Gasteiger partial charge in [-0.25, -0.2) is 9.37 Å². The fourth-order valence-electron chi connectivity index (χ4n) is 3.25. The lowest BCUT2D eigenvalue weighted by atomic mass is 10.2. The van der Waals surface area contributed by atoms with E-state index in [4.69, 9.17) is 4.74 Å². The van der Waals surface area contributed by atoms with Gasteiger partial charge in [-0.05, 0) is 69.9 Å². The zero-order valence-electron chi connectivity index (χ0n) is 18.4. The van der Waals surface area contributed by atoms with E-state index in [-0.39, 0.29) is 11.7 Å². The summed E-state index contributed by atoms with van der Waals surface area (Å²) in [5, 5.41) is 0.582. The van der Waals surface area contributed by atoms with Gasteiger partial charge in [0.25, 0.3) is 5.91 Å². The minimum absolute atomic E-state index is 0.128. The Hall–Kier alpha value is -2.51. The number of rotatable bonds is 11. The number of thiazole rings is 1. The molecular weight excluding hydrogens is 413 g/mol. The third kappa shape index (κ3) is 6.48. The lowest BCUT2D eigenvalue weighted by molar-refractivity contribution is 0.0985. The minimum Gasteiger partial charge on any atom is -0.494 e. The van der Waals surface area contributed by atoms with Crippen molar-refractivity contribution >= 4 is 32.6 Å².